The van der Waals surface area contributed by atoms with E-state index < -0.39 is 10.2 Å². The Morgan fingerprint density at radius 2 is 2.07 bits per heavy atom. The minimum absolute atomic E-state index is 0.0240. The highest BCUT2D eigenvalue weighted by Crippen LogP contribution is 2.66. The number of hydrogen-bond donors (Lipinski definition) is 1. The van der Waals surface area contributed by atoms with Gasteiger partial charge in [0.2, 0.25) is 11.1 Å². The second-order valence-corrected chi connectivity index (χ2v) is 10.3. The maximum Gasteiger partial charge on any atom is 0.271 e. The van der Waals surface area contributed by atoms with Crippen LogP contribution in [0.1, 0.15) is 63.4 Å². The van der Waals surface area contributed by atoms with Gasteiger partial charge in [-0.3, -0.25) is 14.9 Å². The van der Waals surface area contributed by atoms with Crippen LogP contribution in [0.4, 0.5) is 11.4 Å². The summed E-state index contributed by atoms with van der Waals surface area (Å²) >= 11 is 1.25. The van der Waals surface area contributed by atoms with Crippen molar-refractivity contribution >= 4 is 29.0 Å². The maximum absolute atomic E-state index is 12.7. The second-order valence-electron chi connectivity index (χ2n) is 8.98. The molecule has 0 aliphatic heterocycles. The molecule has 2 aromatic rings. The summed E-state index contributed by atoms with van der Waals surface area (Å²) in [6.07, 6.45) is 2.20. The van der Waals surface area contributed by atoms with Crippen LogP contribution in [0.15, 0.2) is 23.4 Å². The predicted octanol–water partition coefficient (Wildman–Crippen LogP) is 4.38. The van der Waals surface area contributed by atoms with E-state index in [9.17, 15) is 14.9 Å². The molecule has 8 nitrogen and oxygen atoms in total. The molecular weight excluding hydrogens is 402 g/mol. The largest absolute Gasteiger partial charge is 0.325 e. The van der Waals surface area contributed by atoms with Crippen molar-refractivity contribution in [3.63, 3.8) is 0 Å². The highest BCUT2D eigenvalue weighted by atomic mass is 32.2. The van der Waals surface area contributed by atoms with Crippen molar-refractivity contribution in [1.29, 1.82) is 0 Å². The Morgan fingerprint density at radius 1 is 1.33 bits per heavy atom. The van der Waals surface area contributed by atoms with Gasteiger partial charge in [0.05, 0.1) is 27.2 Å². The molecule has 0 radical (unpaired) electrons. The van der Waals surface area contributed by atoms with Gasteiger partial charge in [0.1, 0.15) is 0 Å². The van der Waals surface area contributed by atoms with Crippen molar-refractivity contribution in [1.82, 2.24) is 15.2 Å². The number of carbonyl (C=O) groups excluding carboxylic acids is 1. The molecule has 0 spiro atoms. The molecule has 4 rings (SSSR count). The number of aromatic nitrogens is 3. The van der Waals surface area contributed by atoms with E-state index in [2.05, 4.69) is 36.3 Å². The van der Waals surface area contributed by atoms with Gasteiger partial charge in [-0.25, -0.2) is 4.98 Å². The molecule has 0 saturated heterocycles. The third-order valence-electron chi connectivity index (χ3n) is 7.11. The molecule has 1 N–H and O–H groups in total. The van der Waals surface area contributed by atoms with E-state index in [0.717, 1.165) is 29.8 Å². The van der Waals surface area contributed by atoms with Gasteiger partial charge >= 0.3 is 0 Å². The number of benzene rings is 1. The Morgan fingerprint density at radius 3 is 2.77 bits per heavy atom. The number of fused-ring (bicyclic) bond motifs is 5. The quantitative estimate of drug-likeness (QED) is 0.428. The average Bonchev–Trinajstić information content (AvgIpc) is 3.01. The molecule has 3 atom stereocenters. The highest BCUT2D eigenvalue weighted by Gasteiger charge is 2.61. The third-order valence-corrected chi connectivity index (χ3v) is 8.06. The fraction of sp³-hybridized carbons (Fsp3) is 0.524. The first kappa shape index (κ1) is 20.7. The molecule has 2 aliphatic rings. The number of amides is 1. The zero-order chi connectivity index (χ0) is 21.8. The number of aryl methyl sites for hydroxylation is 1. The Kier molecular flexibility index (Phi) is 4.84. The van der Waals surface area contributed by atoms with Gasteiger partial charge in [0, 0.05) is 23.5 Å². The Bertz CT molecular complexity index is 1060. The summed E-state index contributed by atoms with van der Waals surface area (Å²) in [5, 5.41) is 22.6. The SMILES string of the molecule is Cc1ccc([N+](=O)[O-])cc1NC(=O)[C@H](C)Sc1nnc2c(n1)[C@]1(C)CC[C@@H]2C1(C)C. The van der Waals surface area contributed by atoms with Crippen molar-refractivity contribution in [2.45, 2.75) is 69.2 Å². The lowest BCUT2D eigenvalue weighted by atomic mass is 9.70. The van der Waals surface area contributed by atoms with Gasteiger partial charge in [0.25, 0.3) is 5.69 Å². The number of hydrogen-bond acceptors (Lipinski definition) is 7. The van der Waals surface area contributed by atoms with Crippen LogP contribution in [-0.4, -0.2) is 31.3 Å². The van der Waals surface area contributed by atoms with Crippen LogP contribution in [0.5, 0.6) is 0 Å². The van der Waals surface area contributed by atoms with Gasteiger partial charge in [-0.1, -0.05) is 38.6 Å². The van der Waals surface area contributed by atoms with Gasteiger partial charge in [-0.05, 0) is 37.7 Å². The molecule has 1 heterocycles. The predicted molar refractivity (Wildman–Crippen MR) is 115 cm³/mol. The van der Waals surface area contributed by atoms with Gasteiger partial charge in [-0.15, -0.1) is 5.10 Å². The van der Waals surface area contributed by atoms with E-state index in [1.54, 1.807) is 19.9 Å². The highest BCUT2D eigenvalue weighted by molar-refractivity contribution is 8.00. The van der Waals surface area contributed by atoms with Crippen LogP contribution < -0.4 is 5.32 Å². The molecule has 1 amide bonds. The number of nitrogens with one attached hydrogen (secondary N) is 1. The summed E-state index contributed by atoms with van der Waals surface area (Å²) in [6.45, 7) is 10.4. The second kappa shape index (κ2) is 7.01. The normalized spacial score (nSPS) is 24.4. The number of rotatable bonds is 5. The van der Waals surface area contributed by atoms with Crippen LogP contribution in [0.3, 0.4) is 0 Å². The minimum atomic E-state index is -0.483. The monoisotopic (exact) mass is 427 g/mol. The first-order chi connectivity index (χ1) is 14.0. The molecule has 1 aromatic heterocycles. The number of carbonyl (C=O) groups is 1. The number of non-ortho nitro benzene ring substituents is 1. The van der Waals surface area contributed by atoms with Gasteiger partial charge in [0.15, 0.2) is 0 Å². The maximum atomic E-state index is 12.7. The molecule has 9 heteroatoms. The lowest BCUT2D eigenvalue weighted by molar-refractivity contribution is -0.384. The zero-order valence-electron chi connectivity index (χ0n) is 17.7. The van der Waals surface area contributed by atoms with E-state index in [0.29, 0.717) is 16.8 Å². The minimum Gasteiger partial charge on any atom is -0.325 e. The molecule has 30 heavy (non-hydrogen) atoms. The first-order valence-corrected chi connectivity index (χ1v) is 10.9. The molecule has 1 aromatic carbocycles. The fourth-order valence-corrected chi connectivity index (χ4v) is 5.43. The zero-order valence-corrected chi connectivity index (χ0v) is 18.5. The molecule has 1 fully saturated rings. The number of anilines is 1. The van der Waals surface area contributed by atoms with E-state index in [-0.39, 0.29) is 22.4 Å². The first-order valence-electron chi connectivity index (χ1n) is 10.0. The van der Waals surface area contributed by atoms with Crippen molar-refractivity contribution < 1.29 is 9.72 Å². The Labute approximate surface area is 179 Å². The molecular formula is C21H25N5O3S. The van der Waals surface area contributed by atoms with E-state index in [1.165, 1.54) is 23.9 Å². The third kappa shape index (κ3) is 3.07. The van der Waals surface area contributed by atoms with Crippen LogP contribution in [-0.2, 0) is 10.2 Å². The van der Waals surface area contributed by atoms with Crippen LogP contribution in [0, 0.1) is 22.5 Å². The standard InChI is InChI=1S/C21H25N5O3S/c1-11-6-7-13(26(28)29)10-15(11)22-18(27)12(2)30-19-23-17-16(24-25-19)14-8-9-21(17,5)20(14,3)4/h6-7,10,12,14H,8-9H2,1-5H3,(H,22,27)/t12-,14-,21-/m0/s1. The fourth-order valence-electron chi connectivity index (χ4n) is 4.72. The number of nitro benzene ring substituents is 1. The Hall–Kier alpha value is -2.55. The van der Waals surface area contributed by atoms with Crippen molar-refractivity contribution in [3.05, 3.63) is 45.3 Å². The lowest BCUT2D eigenvalue weighted by Gasteiger charge is -2.34. The number of nitro groups is 1. The number of thioether (sulfide) groups is 1. The smallest absolute Gasteiger partial charge is 0.271 e. The molecule has 0 unspecified atom stereocenters. The van der Waals surface area contributed by atoms with E-state index >= 15 is 0 Å². The summed E-state index contributed by atoms with van der Waals surface area (Å²) in [5.74, 6) is 0.120. The number of nitrogens with zero attached hydrogens (tertiary/aromatic N) is 4. The molecule has 2 aliphatic carbocycles. The lowest BCUT2D eigenvalue weighted by Crippen LogP contribution is -2.32. The summed E-state index contributed by atoms with van der Waals surface area (Å²) in [7, 11) is 0. The van der Waals surface area contributed by atoms with Gasteiger partial charge in [-0.2, -0.15) is 5.10 Å². The van der Waals surface area contributed by atoms with E-state index in [1.807, 2.05) is 0 Å². The van der Waals surface area contributed by atoms with Crippen LogP contribution in [0.2, 0.25) is 0 Å². The molecule has 1 saturated carbocycles. The van der Waals surface area contributed by atoms with E-state index in [4.69, 9.17) is 4.98 Å². The topological polar surface area (TPSA) is 111 Å². The summed E-state index contributed by atoms with van der Waals surface area (Å²) in [4.78, 5) is 28.0. The Balaban J connectivity index is 1.51. The van der Waals surface area contributed by atoms with Crippen molar-refractivity contribution in [2.75, 3.05) is 5.32 Å². The van der Waals surface area contributed by atoms with Crippen molar-refractivity contribution in [2.24, 2.45) is 5.41 Å². The molecule has 2 bridgehead atoms. The van der Waals surface area contributed by atoms with Gasteiger partial charge < -0.3 is 5.32 Å². The summed E-state index contributed by atoms with van der Waals surface area (Å²) < 4.78 is 0. The van der Waals surface area contributed by atoms with Crippen LogP contribution >= 0.6 is 11.8 Å². The van der Waals surface area contributed by atoms with Crippen molar-refractivity contribution in [3.8, 4) is 0 Å². The average molecular weight is 428 g/mol. The van der Waals surface area contributed by atoms with Crippen LogP contribution in [0.25, 0.3) is 0 Å². The molecule has 158 valence electrons. The summed E-state index contributed by atoms with van der Waals surface area (Å²) in [6, 6.07) is 4.41. The summed E-state index contributed by atoms with van der Waals surface area (Å²) in [5.41, 5.74) is 3.22.